The van der Waals surface area contributed by atoms with E-state index in [1.807, 2.05) is 66.7 Å². The van der Waals surface area contributed by atoms with Crippen LogP contribution in [0, 0.1) is 0 Å². The number of carbonyl (C=O) groups is 2. The summed E-state index contributed by atoms with van der Waals surface area (Å²) in [7, 11) is 1.62. The Morgan fingerprint density at radius 1 is 0.929 bits per heavy atom. The molecular formula is C23H23NO4. The number of benzene rings is 3. The lowest BCUT2D eigenvalue weighted by Crippen LogP contribution is -2.43. The van der Waals surface area contributed by atoms with Gasteiger partial charge in [0, 0.05) is 0 Å². The minimum atomic E-state index is -0.570. The molecule has 0 heterocycles. The van der Waals surface area contributed by atoms with E-state index < -0.39 is 6.04 Å². The lowest BCUT2D eigenvalue weighted by molar-refractivity contribution is -0.128. The molecule has 0 saturated heterocycles. The van der Waals surface area contributed by atoms with Gasteiger partial charge in [-0.05, 0) is 53.9 Å². The SMILES string of the molecule is COc1ccc2ccc(OCC(=O)N[C@H](Cc3ccccc3)C(C)=O)cc2c1. The molecule has 0 aromatic heterocycles. The fourth-order valence-corrected chi connectivity index (χ4v) is 2.95. The van der Waals surface area contributed by atoms with Crippen LogP contribution in [0.5, 0.6) is 11.5 Å². The molecular weight excluding hydrogens is 354 g/mol. The summed E-state index contributed by atoms with van der Waals surface area (Å²) in [6.07, 6.45) is 0.456. The van der Waals surface area contributed by atoms with E-state index >= 15 is 0 Å². The molecule has 0 aliphatic heterocycles. The number of hydrogen-bond donors (Lipinski definition) is 1. The van der Waals surface area contributed by atoms with Crippen LogP contribution >= 0.6 is 0 Å². The van der Waals surface area contributed by atoms with Crippen molar-refractivity contribution in [3.8, 4) is 11.5 Å². The fourth-order valence-electron chi connectivity index (χ4n) is 2.95. The Kier molecular flexibility index (Phi) is 6.27. The largest absolute Gasteiger partial charge is 0.497 e. The third-order valence-corrected chi connectivity index (χ3v) is 4.50. The van der Waals surface area contributed by atoms with Crippen molar-refractivity contribution in [2.24, 2.45) is 0 Å². The number of ketones is 1. The van der Waals surface area contributed by atoms with Gasteiger partial charge in [0.05, 0.1) is 13.2 Å². The molecule has 3 rings (SSSR count). The molecule has 0 spiro atoms. The zero-order valence-electron chi connectivity index (χ0n) is 16.0. The zero-order valence-corrected chi connectivity index (χ0v) is 16.0. The zero-order chi connectivity index (χ0) is 19.9. The van der Waals surface area contributed by atoms with Crippen molar-refractivity contribution in [3.63, 3.8) is 0 Å². The second kappa shape index (κ2) is 9.04. The predicted octanol–water partition coefficient (Wildman–Crippen LogP) is 3.54. The maximum atomic E-state index is 12.3. The van der Waals surface area contributed by atoms with Gasteiger partial charge < -0.3 is 14.8 Å². The second-order valence-corrected chi connectivity index (χ2v) is 6.58. The quantitative estimate of drug-likeness (QED) is 0.652. The van der Waals surface area contributed by atoms with Crippen molar-refractivity contribution >= 4 is 22.5 Å². The molecule has 1 N–H and O–H groups in total. The van der Waals surface area contributed by atoms with Gasteiger partial charge in [0.2, 0.25) is 0 Å². The lowest BCUT2D eigenvalue weighted by atomic mass is 10.0. The van der Waals surface area contributed by atoms with Crippen LogP contribution in [0.25, 0.3) is 10.8 Å². The highest BCUT2D eigenvalue weighted by molar-refractivity contribution is 5.88. The number of methoxy groups -OCH3 is 1. The molecule has 5 nitrogen and oxygen atoms in total. The Balaban J connectivity index is 1.60. The van der Waals surface area contributed by atoms with Gasteiger partial charge in [-0.25, -0.2) is 0 Å². The maximum Gasteiger partial charge on any atom is 0.258 e. The number of fused-ring (bicyclic) bond motifs is 1. The first-order valence-corrected chi connectivity index (χ1v) is 9.09. The maximum absolute atomic E-state index is 12.3. The van der Waals surface area contributed by atoms with E-state index in [0.717, 1.165) is 22.1 Å². The second-order valence-electron chi connectivity index (χ2n) is 6.58. The van der Waals surface area contributed by atoms with Crippen LogP contribution < -0.4 is 14.8 Å². The summed E-state index contributed by atoms with van der Waals surface area (Å²) >= 11 is 0. The van der Waals surface area contributed by atoms with Crippen molar-refractivity contribution in [1.82, 2.24) is 5.32 Å². The van der Waals surface area contributed by atoms with E-state index in [-0.39, 0.29) is 18.3 Å². The first kappa shape index (κ1) is 19.4. The Labute approximate surface area is 164 Å². The molecule has 0 saturated carbocycles. The summed E-state index contributed by atoms with van der Waals surface area (Å²) < 4.78 is 10.9. The van der Waals surface area contributed by atoms with Crippen LogP contribution in [0.4, 0.5) is 0 Å². The van der Waals surface area contributed by atoms with Gasteiger partial charge in [-0.2, -0.15) is 0 Å². The van der Waals surface area contributed by atoms with Crippen LogP contribution in [0.3, 0.4) is 0 Å². The molecule has 0 aliphatic carbocycles. The highest BCUT2D eigenvalue weighted by Gasteiger charge is 2.18. The summed E-state index contributed by atoms with van der Waals surface area (Å²) in [6, 6.07) is 20.4. The molecule has 0 radical (unpaired) electrons. The standard InChI is InChI=1S/C23H23NO4/c1-16(25)22(12-17-6-4-3-5-7-17)24-23(26)15-28-21-11-9-18-8-10-20(27-2)13-19(18)14-21/h3-11,13-14,22H,12,15H2,1-2H3,(H,24,26)/t22-/m1/s1. The smallest absolute Gasteiger partial charge is 0.258 e. The minimum Gasteiger partial charge on any atom is -0.497 e. The Morgan fingerprint density at radius 2 is 1.61 bits per heavy atom. The molecule has 144 valence electrons. The van der Waals surface area contributed by atoms with Gasteiger partial charge in [-0.1, -0.05) is 42.5 Å². The van der Waals surface area contributed by atoms with E-state index in [9.17, 15) is 9.59 Å². The van der Waals surface area contributed by atoms with Crippen molar-refractivity contribution in [3.05, 3.63) is 72.3 Å². The fraction of sp³-hybridized carbons (Fsp3) is 0.217. The number of rotatable bonds is 8. The van der Waals surface area contributed by atoms with Gasteiger partial charge in [0.25, 0.3) is 5.91 Å². The molecule has 0 unspecified atom stereocenters. The lowest BCUT2D eigenvalue weighted by Gasteiger charge is -2.16. The minimum absolute atomic E-state index is 0.0880. The number of carbonyl (C=O) groups excluding carboxylic acids is 2. The highest BCUT2D eigenvalue weighted by Crippen LogP contribution is 2.24. The van der Waals surface area contributed by atoms with Crippen LogP contribution in [-0.2, 0) is 16.0 Å². The van der Waals surface area contributed by atoms with Crippen LogP contribution in [0.1, 0.15) is 12.5 Å². The summed E-state index contributed by atoms with van der Waals surface area (Å²) in [5.74, 6) is 0.919. The Morgan fingerprint density at radius 3 is 2.29 bits per heavy atom. The Bertz CT molecular complexity index is 969. The summed E-state index contributed by atoms with van der Waals surface area (Å²) in [6.45, 7) is 1.32. The summed E-state index contributed by atoms with van der Waals surface area (Å²) in [4.78, 5) is 24.2. The van der Waals surface area contributed by atoms with Gasteiger partial charge in [-0.3, -0.25) is 9.59 Å². The average Bonchev–Trinajstić information content (AvgIpc) is 2.71. The third-order valence-electron chi connectivity index (χ3n) is 4.50. The van der Waals surface area contributed by atoms with E-state index in [4.69, 9.17) is 9.47 Å². The molecule has 3 aromatic rings. The van der Waals surface area contributed by atoms with Gasteiger partial charge in [-0.15, -0.1) is 0 Å². The highest BCUT2D eigenvalue weighted by atomic mass is 16.5. The summed E-state index contributed by atoms with van der Waals surface area (Å²) in [5, 5.41) is 4.77. The molecule has 28 heavy (non-hydrogen) atoms. The topological polar surface area (TPSA) is 64.6 Å². The van der Waals surface area contributed by atoms with E-state index in [2.05, 4.69) is 5.32 Å². The van der Waals surface area contributed by atoms with Crippen molar-refractivity contribution < 1.29 is 19.1 Å². The van der Waals surface area contributed by atoms with Gasteiger partial charge in [0.1, 0.15) is 11.5 Å². The first-order valence-electron chi connectivity index (χ1n) is 9.09. The molecule has 5 heteroatoms. The van der Waals surface area contributed by atoms with Gasteiger partial charge in [0.15, 0.2) is 12.4 Å². The summed E-state index contributed by atoms with van der Waals surface area (Å²) in [5.41, 5.74) is 0.993. The van der Waals surface area contributed by atoms with Crippen molar-refractivity contribution in [2.45, 2.75) is 19.4 Å². The number of Topliss-reactive ketones (excluding diaryl/α,β-unsaturated/α-hetero) is 1. The normalized spacial score (nSPS) is 11.6. The number of ether oxygens (including phenoxy) is 2. The van der Waals surface area contributed by atoms with Crippen molar-refractivity contribution in [2.75, 3.05) is 13.7 Å². The average molecular weight is 377 g/mol. The van der Waals surface area contributed by atoms with Crippen molar-refractivity contribution in [1.29, 1.82) is 0 Å². The molecule has 3 aromatic carbocycles. The van der Waals surface area contributed by atoms with E-state index in [1.165, 1.54) is 6.92 Å². The predicted molar refractivity (Wildman–Crippen MR) is 109 cm³/mol. The first-order chi connectivity index (χ1) is 13.5. The van der Waals surface area contributed by atoms with E-state index in [0.29, 0.717) is 12.2 Å². The molecule has 0 aliphatic rings. The molecule has 0 fully saturated rings. The molecule has 0 bridgehead atoms. The van der Waals surface area contributed by atoms with Crippen LogP contribution in [-0.4, -0.2) is 31.4 Å². The van der Waals surface area contributed by atoms with Crippen LogP contribution in [0.15, 0.2) is 66.7 Å². The van der Waals surface area contributed by atoms with E-state index in [1.54, 1.807) is 7.11 Å². The molecule has 1 amide bonds. The third kappa shape index (κ3) is 5.10. The number of amides is 1. The number of nitrogens with one attached hydrogen (secondary N) is 1. The monoisotopic (exact) mass is 377 g/mol. The molecule has 1 atom stereocenters. The Hall–Kier alpha value is -3.34. The number of hydrogen-bond acceptors (Lipinski definition) is 4. The van der Waals surface area contributed by atoms with Crippen LogP contribution in [0.2, 0.25) is 0 Å². The van der Waals surface area contributed by atoms with Gasteiger partial charge >= 0.3 is 0 Å².